The predicted octanol–water partition coefficient (Wildman–Crippen LogP) is 4.41. The van der Waals surface area contributed by atoms with Gasteiger partial charge in [0.2, 0.25) is 11.3 Å². The van der Waals surface area contributed by atoms with Crippen LogP contribution in [0.3, 0.4) is 0 Å². The molecule has 136 valence electrons. The quantitative estimate of drug-likeness (QED) is 0.536. The fourth-order valence-electron chi connectivity index (χ4n) is 3.03. The minimum absolute atomic E-state index is 0.00951. The van der Waals surface area contributed by atoms with E-state index in [9.17, 15) is 13.6 Å². The molecule has 7 heteroatoms. The molecule has 0 radical (unpaired) electrons. The number of fused-ring (bicyclic) bond motifs is 1. The number of benzene rings is 2. The monoisotopic (exact) mass is 367 g/mol. The summed E-state index contributed by atoms with van der Waals surface area (Å²) in [5.74, 6) is -0.739. The molecule has 5 nitrogen and oxygen atoms in total. The van der Waals surface area contributed by atoms with Gasteiger partial charge in [-0.25, -0.2) is 8.78 Å². The zero-order valence-corrected chi connectivity index (χ0v) is 14.4. The van der Waals surface area contributed by atoms with Gasteiger partial charge in [0.1, 0.15) is 17.2 Å². The Hall–Kier alpha value is -3.35. The molecule has 0 fully saturated rings. The molecular weight excluding hydrogens is 352 g/mol. The van der Waals surface area contributed by atoms with Crippen LogP contribution in [0, 0.1) is 11.6 Å². The summed E-state index contributed by atoms with van der Waals surface area (Å²) in [7, 11) is 0. The van der Waals surface area contributed by atoms with Gasteiger partial charge in [-0.3, -0.25) is 4.79 Å². The molecule has 0 unspecified atom stereocenters. The standard InChI is InChI=1S/C20H15F2N3O2/c1-2-8-25-11-16(18(26)15-10-14(22)6-7-17(15)25)20-23-19(24-27-20)12-4-3-5-13(21)9-12/h3-7,9-11H,2,8H2,1H3. The topological polar surface area (TPSA) is 60.9 Å². The van der Waals surface area contributed by atoms with Crippen LogP contribution in [0.25, 0.3) is 33.7 Å². The maximum atomic E-state index is 13.7. The van der Waals surface area contributed by atoms with Gasteiger partial charge in [0, 0.05) is 23.7 Å². The number of aromatic nitrogens is 3. The van der Waals surface area contributed by atoms with E-state index in [1.807, 2.05) is 11.5 Å². The molecule has 27 heavy (non-hydrogen) atoms. The highest BCUT2D eigenvalue weighted by atomic mass is 19.1. The Morgan fingerprint density at radius 2 is 1.93 bits per heavy atom. The van der Waals surface area contributed by atoms with E-state index in [-0.39, 0.29) is 22.7 Å². The Kier molecular flexibility index (Phi) is 4.27. The number of rotatable bonds is 4. The Balaban J connectivity index is 1.89. The molecule has 2 heterocycles. The van der Waals surface area contributed by atoms with Crippen LogP contribution >= 0.6 is 0 Å². The molecule has 0 saturated heterocycles. The third-order valence-corrected chi connectivity index (χ3v) is 4.25. The normalized spacial score (nSPS) is 11.2. The summed E-state index contributed by atoms with van der Waals surface area (Å²) in [6, 6.07) is 9.87. The average Bonchev–Trinajstić information content (AvgIpc) is 3.14. The first kappa shape index (κ1) is 17.1. The highest BCUT2D eigenvalue weighted by molar-refractivity contribution is 5.83. The van der Waals surface area contributed by atoms with Crippen molar-refractivity contribution in [1.82, 2.24) is 14.7 Å². The average molecular weight is 367 g/mol. The van der Waals surface area contributed by atoms with E-state index in [4.69, 9.17) is 4.52 Å². The van der Waals surface area contributed by atoms with Crippen LogP contribution in [-0.2, 0) is 6.54 Å². The van der Waals surface area contributed by atoms with Crippen molar-refractivity contribution in [2.24, 2.45) is 0 Å². The second-order valence-electron chi connectivity index (χ2n) is 6.16. The van der Waals surface area contributed by atoms with Gasteiger partial charge in [-0.15, -0.1) is 0 Å². The van der Waals surface area contributed by atoms with Crippen molar-refractivity contribution in [3.05, 3.63) is 70.5 Å². The minimum atomic E-state index is -0.495. The summed E-state index contributed by atoms with van der Waals surface area (Å²) in [5.41, 5.74) is 0.852. The highest BCUT2D eigenvalue weighted by Crippen LogP contribution is 2.23. The first-order valence-corrected chi connectivity index (χ1v) is 8.49. The van der Waals surface area contributed by atoms with Crippen LogP contribution in [-0.4, -0.2) is 14.7 Å². The summed E-state index contributed by atoms with van der Waals surface area (Å²) in [5, 5.41) is 4.09. The third kappa shape index (κ3) is 3.12. The fraction of sp³-hybridized carbons (Fsp3) is 0.150. The lowest BCUT2D eigenvalue weighted by Gasteiger charge is -2.11. The molecule has 0 aliphatic rings. The second-order valence-corrected chi connectivity index (χ2v) is 6.16. The lowest BCUT2D eigenvalue weighted by Crippen LogP contribution is -2.12. The van der Waals surface area contributed by atoms with Gasteiger partial charge < -0.3 is 9.09 Å². The number of halogens is 2. The van der Waals surface area contributed by atoms with Gasteiger partial charge in [-0.2, -0.15) is 4.98 Å². The number of hydrogen-bond acceptors (Lipinski definition) is 4. The third-order valence-electron chi connectivity index (χ3n) is 4.25. The first-order valence-electron chi connectivity index (χ1n) is 8.49. The number of aryl methyl sites for hydroxylation is 1. The van der Waals surface area contributed by atoms with Crippen molar-refractivity contribution in [3.8, 4) is 22.8 Å². The molecular formula is C20H15F2N3O2. The maximum Gasteiger partial charge on any atom is 0.263 e. The number of hydrogen-bond donors (Lipinski definition) is 0. The zero-order valence-electron chi connectivity index (χ0n) is 14.4. The molecule has 4 aromatic rings. The van der Waals surface area contributed by atoms with Crippen molar-refractivity contribution in [2.45, 2.75) is 19.9 Å². The van der Waals surface area contributed by atoms with Gasteiger partial charge in [0.15, 0.2) is 0 Å². The first-order chi connectivity index (χ1) is 13.1. The van der Waals surface area contributed by atoms with Crippen LogP contribution in [0.5, 0.6) is 0 Å². The van der Waals surface area contributed by atoms with Crippen LogP contribution in [0.4, 0.5) is 8.78 Å². The maximum absolute atomic E-state index is 13.7. The summed E-state index contributed by atoms with van der Waals surface area (Å²) in [6.07, 6.45) is 2.46. The Labute approximate surface area is 152 Å². The minimum Gasteiger partial charge on any atom is -0.346 e. The van der Waals surface area contributed by atoms with E-state index in [0.29, 0.717) is 17.6 Å². The molecule has 0 atom stereocenters. The Bertz CT molecular complexity index is 1200. The molecule has 0 aliphatic heterocycles. The van der Waals surface area contributed by atoms with Gasteiger partial charge in [-0.05, 0) is 36.8 Å². The Morgan fingerprint density at radius 1 is 1.11 bits per heavy atom. The summed E-state index contributed by atoms with van der Waals surface area (Å²) < 4.78 is 34.2. The second kappa shape index (κ2) is 6.75. The lowest BCUT2D eigenvalue weighted by atomic mass is 10.1. The van der Waals surface area contributed by atoms with E-state index < -0.39 is 17.1 Å². The molecule has 2 aromatic carbocycles. The SMILES string of the molecule is CCCn1cc(-c2nc(-c3cccc(F)c3)no2)c(=O)c2cc(F)ccc21. The molecule has 0 N–H and O–H groups in total. The van der Waals surface area contributed by atoms with Crippen LogP contribution < -0.4 is 5.43 Å². The Morgan fingerprint density at radius 3 is 2.70 bits per heavy atom. The van der Waals surface area contributed by atoms with Crippen molar-refractivity contribution in [3.63, 3.8) is 0 Å². The zero-order chi connectivity index (χ0) is 19.0. The van der Waals surface area contributed by atoms with E-state index in [1.54, 1.807) is 18.3 Å². The van der Waals surface area contributed by atoms with Crippen molar-refractivity contribution in [1.29, 1.82) is 0 Å². The van der Waals surface area contributed by atoms with Gasteiger partial charge in [0.25, 0.3) is 5.89 Å². The highest BCUT2D eigenvalue weighted by Gasteiger charge is 2.17. The van der Waals surface area contributed by atoms with Crippen LogP contribution in [0.2, 0.25) is 0 Å². The number of pyridine rings is 1. The van der Waals surface area contributed by atoms with Crippen LogP contribution in [0.15, 0.2) is 58.0 Å². The van der Waals surface area contributed by atoms with E-state index >= 15 is 0 Å². The summed E-state index contributed by atoms with van der Waals surface area (Å²) in [4.78, 5) is 17.1. The van der Waals surface area contributed by atoms with E-state index in [2.05, 4.69) is 10.1 Å². The largest absolute Gasteiger partial charge is 0.346 e. The number of nitrogens with zero attached hydrogens (tertiary/aromatic N) is 3. The van der Waals surface area contributed by atoms with Gasteiger partial charge in [0.05, 0.1) is 5.52 Å². The lowest BCUT2D eigenvalue weighted by molar-refractivity contribution is 0.431. The van der Waals surface area contributed by atoms with Crippen LogP contribution in [0.1, 0.15) is 13.3 Å². The molecule has 2 aromatic heterocycles. The molecule has 0 saturated carbocycles. The summed E-state index contributed by atoms with van der Waals surface area (Å²) >= 11 is 0. The molecule has 0 spiro atoms. The fourth-order valence-corrected chi connectivity index (χ4v) is 3.03. The van der Waals surface area contributed by atoms with E-state index in [0.717, 1.165) is 6.42 Å². The predicted molar refractivity (Wildman–Crippen MR) is 97.1 cm³/mol. The van der Waals surface area contributed by atoms with Crippen molar-refractivity contribution < 1.29 is 13.3 Å². The summed E-state index contributed by atoms with van der Waals surface area (Å²) in [6.45, 7) is 2.64. The smallest absolute Gasteiger partial charge is 0.263 e. The van der Waals surface area contributed by atoms with Crippen molar-refractivity contribution in [2.75, 3.05) is 0 Å². The molecule has 0 bridgehead atoms. The van der Waals surface area contributed by atoms with Gasteiger partial charge >= 0.3 is 0 Å². The molecule has 4 rings (SSSR count). The van der Waals surface area contributed by atoms with Gasteiger partial charge in [-0.1, -0.05) is 24.2 Å². The van der Waals surface area contributed by atoms with Crippen molar-refractivity contribution >= 4 is 10.9 Å². The molecule has 0 aliphatic carbocycles. The molecule has 0 amide bonds. The van der Waals surface area contributed by atoms with E-state index in [1.165, 1.54) is 30.3 Å².